The molecule has 0 saturated heterocycles. The molecule has 1 fully saturated rings. The molecule has 0 aliphatic heterocycles. The fraction of sp³-hybridized carbons (Fsp3) is 0.364. The van der Waals surface area contributed by atoms with Gasteiger partial charge in [0.2, 0.25) is 15.9 Å². The lowest BCUT2D eigenvalue weighted by Gasteiger charge is -2.12. The molecule has 2 rings (SSSR count). The van der Waals surface area contributed by atoms with Crippen molar-refractivity contribution in [2.24, 2.45) is 5.73 Å². The van der Waals surface area contributed by atoms with E-state index in [0.717, 1.165) is 6.26 Å². The van der Waals surface area contributed by atoms with Crippen LogP contribution in [-0.4, -0.2) is 26.1 Å². The van der Waals surface area contributed by atoms with Crippen molar-refractivity contribution < 1.29 is 13.2 Å². The van der Waals surface area contributed by atoms with E-state index in [0.29, 0.717) is 18.5 Å². The van der Waals surface area contributed by atoms with E-state index in [1.807, 2.05) is 0 Å². The van der Waals surface area contributed by atoms with E-state index < -0.39 is 15.6 Å². The monoisotopic (exact) mass is 303 g/mol. The molecule has 4 N–H and O–H groups in total. The maximum atomic E-state index is 11.7. The van der Waals surface area contributed by atoms with Crippen LogP contribution in [0.5, 0.6) is 0 Å². The molecular formula is C11H14ClN3O3S. The number of carbonyl (C=O) groups excluding carboxylic acids is 1. The van der Waals surface area contributed by atoms with E-state index in [1.165, 1.54) is 12.1 Å². The molecule has 1 aromatic carbocycles. The predicted molar refractivity (Wildman–Crippen MR) is 74.7 cm³/mol. The molecule has 1 amide bonds. The van der Waals surface area contributed by atoms with Gasteiger partial charge in [0, 0.05) is 5.69 Å². The third-order valence-corrected chi connectivity index (χ3v) is 3.67. The van der Waals surface area contributed by atoms with Crippen LogP contribution in [0.1, 0.15) is 12.8 Å². The molecule has 1 saturated carbocycles. The van der Waals surface area contributed by atoms with Gasteiger partial charge in [0.1, 0.15) is 0 Å². The molecule has 8 heteroatoms. The van der Waals surface area contributed by atoms with Crippen molar-refractivity contribution in [1.29, 1.82) is 0 Å². The molecule has 0 bridgehead atoms. The second-order valence-corrected chi connectivity index (χ2v) is 6.83. The van der Waals surface area contributed by atoms with Crippen LogP contribution in [0.25, 0.3) is 0 Å². The summed E-state index contributed by atoms with van der Waals surface area (Å²) in [6.45, 7) is 0. The Morgan fingerprint density at radius 2 is 2.05 bits per heavy atom. The summed E-state index contributed by atoms with van der Waals surface area (Å²) in [6, 6.07) is 4.51. The average molecular weight is 304 g/mol. The summed E-state index contributed by atoms with van der Waals surface area (Å²) in [5.74, 6) is -0.257. The van der Waals surface area contributed by atoms with Gasteiger partial charge in [0.05, 0.1) is 22.5 Å². The zero-order valence-electron chi connectivity index (χ0n) is 10.2. The van der Waals surface area contributed by atoms with Crippen LogP contribution in [0.2, 0.25) is 5.02 Å². The smallest absolute Gasteiger partial charge is 0.244 e. The largest absolute Gasteiger partial charge is 0.324 e. The lowest BCUT2D eigenvalue weighted by molar-refractivity contribution is -0.118. The number of hydrogen-bond acceptors (Lipinski definition) is 4. The topological polar surface area (TPSA) is 101 Å². The second-order valence-electron chi connectivity index (χ2n) is 4.68. The summed E-state index contributed by atoms with van der Waals surface area (Å²) in [7, 11) is -3.39. The zero-order valence-corrected chi connectivity index (χ0v) is 11.8. The van der Waals surface area contributed by atoms with Crippen LogP contribution in [0.15, 0.2) is 18.2 Å². The molecule has 1 aliphatic carbocycles. The SMILES string of the molecule is CS(=O)(=O)Nc1ccc(NC(=O)C2(N)CC2)cc1Cl. The van der Waals surface area contributed by atoms with Crippen molar-refractivity contribution in [2.45, 2.75) is 18.4 Å². The maximum absolute atomic E-state index is 11.7. The molecule has 6 nitrogen and oxygen atoms in total. The average Bonchev–Trinajstić information content (AvgIpc) is 3.00. The van der Waals surface area contributed by atoms with Gasteiger partial charge in [-0.15, -0.1) is 0 Å². The highest BCUT2D eigenvalue weighted by Gasteiger charge is 2.45. The Balaban J connectivity index is 2.12. The summed E-state index contributed by atoms with van der Waals surface area (Å²) in [5.41, 5.74) is 5.72. The van der Waals surface area contributed by atoms with E-state index >= 15 is 0 Å². The predicted octanol–water partition coefficient (Wildman–Crippen LogP) is 1.14. The van der Waals surface area contributed by atoms with Crippen molar-refractivity contribution in [1.82, 2.24) is 0 Å². The first-order chi connectivity index (χ1) is 8.70. The van der Waals surface area contributed by atoms with Gasteiger partial charge in [0.15, 0.2) is 0 Å². The Morgan fingerprint density at radius 3 is 2.53 bits per heavy atom. The van der Waals surface area contributed by atoms with Crippen molar-refractivity contribution in [2.75, 3.05) is 16.3 Å². The molecule has 1 aromatic rings. The Bertz CT molecular complexity index is 626. The summed E-state index contributed by atoms with van der Waals surface area (Å²) in [6.07, 6.45) is 2.37. The molecule has 0 heterocycles. The zero-order chi connectivity index (χ0) is 14.3. The molecule has 19 heavy (non-hydrogen) atoms. The van der Waals surface area contributed by atoms with Gasteiger partial charge in [-0.2, -0.15) is 0 Å². The first-order valence-corrected chi connectivity index (χ1v) is 7.84. The fourth-order valence-electron chi connectivity index (χ4n) is 1.49. The molecule has 0 spiro atoms. The minimum atomic E-state index is -3.39. The number of rotatable bonds is 4. The molecule has 0 radical (unpaired) electrons. The van der Waals surface area contributed by atoms with Crippen LogP contribution in [-0.2, 0) is 14.8 Å². The number of anilines is 2. The van der Waals surface area contributed by atoms with Crippen LogP contribution in [0.4, 0.5) is 11.4 Å². The molecule has 0 atom stereocenters. The Labute approximate surface area is 116 Å². The second kappa shape index (κ2) is 4.66. The van der Waals surface area contributed by atoms with Gasteiger partial charge < -0.3 is 11.1 Å². The van der Waals surface area contributed by atoms with Crippen LogP contribution >= 0.6 is 11.6 Å². The minimum absolute atomic E-state index is 0.199. The van der Waals surface area contributed by atoms with Crippen molar-refractivity contribution in [3.63, 3.8) is 0 Å². The van der Waals surface area contributed by atoms with Crippen LogP contribution in [0.3, 0.4) is 0 Å². The highest BCUT2D eigenvalue weighted by molar-refractivity contribution is 7.92. The van der Waals surface area contributed by atoms with E-state index in [-0.39, 0.29) is 16.6 Å². The van der Waals surface area contributed by atoms with Gasteiger partial charge in [0.25, 0.3) is 0 Å². The molecular weight excluding hydrogens is 290 g/mol. The molecule has 0 unspecified atom stereocenters. The summed E-state index contributed by atoms with van der Waals surface area (Å²) in [4.78, 5) is 11.7. The van der Waals surface area contributed by atoms with E-state index in [9.17, 15) is 13.2 Å². The van der Waals surface area contributed by atoms with E-state index in [2.05, 4.69) is 10.0 Å². The number of carbonyl (C=O) groups is 1. The Hall–Kier alpha value is -1.31. The number of nitrogens with two attached hydrogens (primary N) is 1. The molecule has 104 valence electrons. The van der Waals surface area contributed by atoms with Crippen molar-refractivity contribution in [3.05, 3.63) is 23.2 Å². The Morgan fingerprint density at radius 1 is 1.42 bits per heavy atom. The maximum Gasteiger partial charge on any atom is 0.244 e. The first kappa shape index (κ1) is 14.1. The van der Waals surface area contributed by atoms with Crippen LogP contribution in [0, 0.1) is 0 Å². The van der Waals surface area contributed by atoms with Gasteiger partial charge in [-0.25, -0.2) is 8.42 Å². The number of halogens is 1. The Kier molecular flexibility index (Phi) is 3.46. The van der Waals surface area contributed by atoms with Gasteiger partial charge >= 0.3 is 0 Å². The number of sulfonamides is 1. The lowest BCUT2D eigenvalue weighted by atomic mass is 10.2. The van der Waals surface area contributed by atoms with Gasteiger partial charge in [-0.1, -0.05) is 11.6 Å². The van der Waals surface area contributed by atoms with E-state index in [1.54, 1.807) is 6.07 Å². The molecule has 0 aromatic heterocycles. The number of benzene rings is 1. The highest BCUT2D eigenvalue weighted by atomic mass is 35.5. The number of amides is 1. The van der Waals surface area contributed by atoms with Gasteiger partial charge in [-0.05, 0) is 31.0 Å². The third-order valence-electron chi connectivity index (χ3n) is 2.76. The third kappa shape index (κ3) is 3.59. The number of nitrogens with one attached hydrogen (secondary N) is 2. The number of hydrogen-bond donors (Lipinski definition) is 3. The van der Waals surface area contributed by atoms with Crippen LogP contribution < -0.4 is 15.8 Å². The molecule has 1 aliphatic rings. The normalized spacial score (nSPS) is 16.8. The summed E-state index contributed by atoms with van der Waals surface area (Å²) < 4.78 is 24.5. The fourth-order valence-corrected chi connectivity index (χ4v) is 2.35. The van der Waals surface area contributed by atoms with Crippen molar-refractivity contribution in [3.8, 4) is 0 Å². The standard InChI is InChI=1S/C11H14ClN3O3S/c1-19(17,18)15-9-3-2-7(6-8(9)12)14-10(16)11(13)4-5-11/h2-3,6,15H,4-5,13H2,1H3,(H,14,16). The lowest BCUT2D eigenvalue weighted by Crippen LogP contribution is -2.37. The highest BCUT2D eigenvalue weighted by Crippen LogP contribution is 2.34. The van der Waals surface area contributed by atoms with Crippen molar-refractivity contribution >= 4 is 38.9 Å². The van der Waals surface area contributed by atoms with E-state index in [4.69, 9.17) is 17.3 Å². The quantitative estimate of drug-likeness (QED) is 0.776. The summed E-state index contributed by atoms with van der Waals surface area (Å²) in [5, 5.41) is 2.85. The summed E-state index contributed by atoms with van der Waals surface area (Å²) >= 11 is 5.94. The first-order valence-electron chi connectivity index (χ1n) is 5.57. The minimum Gasteiger partial charge on any atom is -0.324 e. The van der Waals surface area contributed by atoms with Gasteiger partial charge in [-0.3, -0.25) is 9.52 Å².